The lowest BCUT2D eigenvalue weighted by molar-refractivity contribution is 0.00307. The molecular weight excluding hydrogens is 150 g/mol. The van der Waals surface area contributed by atoms with E-state index in [1.165, 1.54) is 12.8 Å². The van der Waals surface area contributed by atoms with Crippen molar-refractivity contribution in [1.29, 1.82) is 0 Å². The van der Waals surface area contributed by atoms with E-state index < -0.39 is 0 Å². The van der Waals surface area contributed by atoms with Gasteiger partial charge in [-0.1, -0.05) is 13.8 Å². The molecule has 2 unspecified atom stereocenters. The van der Waals surface area contributed by atoms with E-state index in [2.05, 4.69) is 13.8 Å². The van der Waals surface area contributed by atoms with Gasteiger partial charge in [0.25, 0.3) is 0 Å². The Morgan fingerprint density at radius 1 is 1.42 bits per heavy atom. The minimum Gasteiger partial charge on any atom is -0.381 e. The summed E-state index contributed by atoms with van der Waals surface area (Å²) in [5, 5.41) is 0. The second-order valence-corrected chi connectivity index (χ2v) is 4.77. The molecule has 1 rings (SSSR count). The smallest absolute Gasteiger partial charge is 0.0579 e. The van der Waals surface area contributed by atoms with E-state index >= 15 is 0 Å². The minimum absolute atomic E-state index is 0.420. The van der Waals surface area contributed by atoms with E-state index in [9.17, 15) is 0 Å². The van der Waals surface area contributed by atoms with Crippen LogP contribution in [0.1, 0.15) is 33.1 Å². The molecule has 2 N–H and O–H groups in total. The Bertz CT molecular complexity index is 131. The molecule has 0 aromatic heterocycles. The maximum absolute atomic E-state index is 5.69. The van der Waals surface area contributed by atoms with Crippen LogP contribution in [0.4, 0.5) is 0 Å². The molecule has 0 heterocycles. The molecule has 0 aromatic carbocycles. The molecule has 12 heavy (non-hydrogen) atoms. The molecule has 0 radical (unpaired) electrons. The van der Waals surface area contributed by atoms with Crippen LogP contribution < -0.4 is 5.73 Å². The fourth-order valence-electron chi connectivity index (χ4n) is 2.38. The van der Waals surface area contributed by atoms with E-state index in [-0.39, 0.29) is 0 Å². The van der Waals surface area contributed by atoms with Gasteiger partial charge in [-0.25, -0.2) is 0 Å². The molecule has 2 nitrogen and oxygen atoms in total. The normalized spacial score (nSPS) is 35.0. The largest absolute Gasteiger partial charge is 0.381 e. The maximum Gasteiger partial charge on any atom is 0.0579 e. The fraction of sp³-hybridized carbons (Fsp3) is 1.00. The predicted molar refractivity (Wildman–Crippen MR) is 51.0 cm³/mol. The van der Waals surface area contributed by atoms with Crippen LogP contribution in [-0.2, 0) is 4.74 Å². The monoisotopic (exact) mass is 171 g/mol. The summed E-state index contributed by atoms with van der Waals surface area (Å²) in [5.41, 5.74) is 6.11. The van der Waals surface area contributed by atoms with Crippen molar-refractivity contribution in [3.05, 3.63) is 0 Å². The Morgan fingerprint density at radius 3 is 2.58 bits per heavy atom. The number of rotatable bonds is 2. The second-order valence-electron chi connectivity index (χ2n) is 4.77. The molecule has 1 fully saturated rings. The molecule has 0 bridgehead atoms. The van der Waals surface area contributed by atoms with Crippen LogP contribution in [0, 0.1) is 11.3 Å². The van der Waals surface area contributed by atoms with E-state index in [1.807, 2.05) is 0 Å². The lowest BCUT2D eigenvalue weighted by Gasteiger charge is -2.39. The molecule has 0 aliphatic heterocycles. The molecule has 2 atom stereocenters. The van der Waals surface area contributed by atoms with Crippen LogP contribution in [0.15, 0.2) is 0 Å². The van der Waals surface area contributed by atoms with Gasteiger partial charge < -0.3 is 10.5 Å². The Labute approximate surface area is 75.5 Å². The number of nitrogens with two attached hydrogens (primary N) is 1. The standard InChI is InChI=1S/C10H21NO/c1-10(2)5-8(7-11)4-9(6-10)12-3/h8-9H,4-7,11H2,1-3H3. The van der Waals surface area contributed by atoms with Gasteiger partial charge in [-0.15, -0.1) is 0 Å². The Kier molecular flexibility index (Phi) is 3.13. The topological polar surface area (TPSA) is 35.2 Å². The Morgan fingerprint density at radius 2 is 2.08 bits per heavy atom. The van der Waals surface area contributed by atoms with Crippen LogP contribution in [0.5, 0.6) is 0 Å². The first-order valence-corrected chi connectivity index (χ1v) is 4.80. The van der Waals surface area contributed by atoms with Crippen molar-refractivity contribution in [3.63, 3.8) is 0 Å². The quantitative estimate of drug-likeness (QED) is 0.687. The maximum atomic E-state index is 5.69. The SMILES string of the molecule is COC1CC(CN)CC(C)(C)C1. The molecule has 0 aromatic rings. The number of hydrogen-bond acceptors (Lipinski definition) is 2. The van der Waals surface area contributed by atoms with Crippen LogP contribution in [0.3, 0.4) is 0 Å². The van der Waals surface area contributed by atoms with E-state index in [4.69, 9.17) is 10.5 Å². The van der Waals surface area contributed by atoms with Gasteiger partial charge in [0.05, 0.1) is 6.10 Å². The lowest BCUT2D eigenvalue weighted by atomic mass is 9.71. The van der Waals surface area contributed by atoms with E-state index in [0.29, 0.717) is 17.4 Å². The summed E-state index contributed by atoms with van der Waals surface area (Å²) in [7, 11) is 1.81. The van der Waals surface area contributed by atoms with Crippen LogP contribution in [-0.4, -0.2) is 19.8 Å². The summed E-state index contributed by atoms with van der Waals surface area (Å²) >= 11 is 0. The van der Waals surface area contributed by atoms with Crippen molar-refractivity contribution in [3.8, 4) is 0 Å². The molecule has 1 saturated carbocycles. The van der Waals surface area contributed by atoms with E-state index in [1.54, 1.807) is 7.11 Å². The molecule has 1 aliphatic carbocycles. The highest BCUT2D eigenvalue weighted by atomic mass is 16.5. The van der Waals surface area contributed by atoms with Gasteiger partial charge in [-0.2, -0.15) is 0 Å². The van der Waals surface area contributed by atoms with Gasteiger partial charge in [0.1, 0.15) is 0 Å². The van der Waals surface area contributed by atoms with Crippen LogP contribution in [0.2, 0.25) is 0 Å². The summed E-state index contributed by atoms with van der Waals surface area (Å²) in [6.45, 7) is 5.42. The highest BCUT2D eigenvalue weighted by Gasteiger charge is 2.33. The van der Waals surface area contributed by atoms with Crippen molar-refractivity contribution < 1.29 is 4.74 Å². The zero-order valence-corrected chi connectivity index (χ0v) is 8.47. The van der Waals surface area contributed by atoms with Crippen LogP contribution >= 0.6 is 0 Å². The second kappa shape index (κ2) is 3.75. The summed E-state index contributed by atoms with van der Waals surface area (Å²) < 4.78 is 5.40. The Balaban J connectivity index is 2.53. The number of hydrogen-bond donors (Lipinski definition) is 1. The average molecular weight is 171 g/mol. The van der Waals surface area contributed by atoms with Crippen molar-refractivity contribution >= 4 is 0 Å². The van der Waals surface area contributed by atoms with Crippen molar-refractivity contribution in [2.75, 3.05) is 13.7 Å². The summed E-state index contributed by atoms with van der Waals surface area (Å²) in [6, 6.07) is 0. The Hall–Kier alpha value is -0.0800. The molecule has 0 saturated heterocycles. The van der Waals surface area contributed by atoms with E-state index in [0.717, 1.165) is 13.0 Å². The zero-order chi connectivity index (χ0) is 9.19. The summed E-state index contributed by atoms with van der Waals surface area (Å²) in [4.78, 5) is 0. The highest BCUT2D eigenvalue weighted by Crippen LogP contribution is 2.39. The zero-order valence-electron chi connectivity index (χ0n) is 8.47. The van der Waals surface area contributed by atoms with Gasteiger partial charge in [0, 0.05) is 7.11 Å². The molecule has 0 spiro atoms. The third-order valence-corrected chi connectivity index (χ3v) is 2.88. The average Bonchev–Trinajstić information content (AvgIpc) is 2.01. The molecule has 72 valence electrons. The van der Waals surface area contributed by atoms with Gasteiger partial charge in [-0.3, -0.25) is 0 Å². The predicted octanol–water partition coefficient (Wildman–Crippen LogP) is 1.79. The van der Waals surface area contributed by atoms with Crippen molar-refractivity contribution in [2.24, 2.45) is 17.1 Å². The summed E-state index contributed by atoms with van der Waals surface area (Å²) in [6.07, 6.45) is 4.02. The third kappa shape index (κ3) is 2.46. The molecular formula is C10H21NO. The summed E-state index contributed by atoms with van der Waals surface area (Å²) in [5.74, 6) is 0.665. The third-order valence-electron chi connectivity index (χ3n) is 2.88. The first-order valence-electron chi connectivity index (χ1n) is 4.80. The molecule has 0 amide bonds. The first-order chi connectivity index (χ1) is 5.57. The van der Waals surface area contributed by atoms with Gasteiger partial charge in [-0.05, 0) is 37.1 Å². The van der Waals surface area contributed by atoms with Crippen molar-refractivity contribution in [1.82, 2.24) is 0 Å². The number of methoxy groups -OCH3 is 1. The first kappa shape index (κ1) is 10.0. The van der Waals surface area contributed by atoms with Gasteiger partial charge in [0.15, 0.2) is 0 Å². The van der Waals surface area contributed by atoms with Gasteiger partial charge in [0.2, 0.25) is 0 Å². The fourth-order valence-corrected chi connectivity index (χ4v) is 2.38. The molecule has 2 heteroatoms. The van der Waals surface area contributed by atoms with Crippen molar-refractivity contribution in [2.45, 2.75) is 39.2 Å². The van der Waals surface area contributed by atoms with Crippen LogP contribution in [0.25, 0.3) is 0 Å². The molecule has 1 aliphatic rings. The van der Waals surface area contributed by atoms with Gasteiger partial charge >= 0.3 is 0 Å². The highest BCUT2D eigenvalue weighted by molar-refractivity contribution is 4.85. The minimum atomic E-state index is 0.420. The lowest BCUT2D eigenvalue weighted by Crippen LogP contribution is -2.35. The number of ether oxygens (including phenoxy) is 1.